The van der Waals surface area contributed by atoms with Crippen LogP contribution in [0.3, 0.4) is 0 Å². The van der Waals surface area contributed by atoms with Crippen molar-refractivity contribution in [3.8, 4) is 0 Å². The zero-order chi connectivity index (χ0) is 10.5. The molecule has 0 aromatic heterocycles. The zero-order valence-electron chi connectivity index (χ0n) is 9.66. The normalized spacial score (nSPS) is 25.7. The van der Waals surface area contributed by atoms with E-state index in [1.165, 1.54) is 70.2 Å². The Labute approximate surface area is 94.8 Å². The minimum absolute atomic E-state index is 0.275. The SMILES string of the molecule is O=CP(C1CCCCC1)C1CCCCC1. The molecule has 1 nitrogen and oxygen atoms in total. The molecule has 15 heavy (non-hydrogen) atoms. The highest BCUT2D eigenvalue weighted by Gasteiger charge is 2.30. The lowest BCUT2D eigenvalue weighted by Crippen LogP contribution is -2.20. The first kappa shape index (κ1) is 11.6. The second-order valence-corrected chi connectivity index (χ2v) is 7.70. The fraction of sp³-hybridized carbons (Fsp3) is 0.923. The van der Waals surface area contributed by atoms with E-state index in [1.54, 1.807) is 0 Å². The average molecular weight is 226 g/mol. The molecule has 0 atom stereocenters. The molecule has 0 heterocycles. The molecule has 0 aromatic rings. The maximum absolute atomic E-state index is 11.3. The summed E-state index contributed by atoms with van der Waals surface area (Å²) in [7, 11) is -0.275. The maximum atomic E-state index is 11.3. The van der Waals surface area contributed by atoms with E-state index in [4.69, 9.17) is 0 Å². The van der Waals surface area contributed by atoms with Crippen LogP contribution in [0.25, 0.3) is 0 Å². The molecule has 0 bridgehead atoms. The molecule has 0 aromatic carbocycles. The highest BCUT2D eigenvalue weighted by atomic mass is 31.1. The van der Waals surface area contributed by atoms with Crippen molar-refractivity contribution in [2.24, 2.45) is 0 Å². The Kier molecular flexibility index (Phi) is 4.62. The topological polar surface area (TPSA) is 17.1 Å². The minimum Gasteiger partial charge on any atom is -0.298 e. The van der Waals surface area contributed by atoms with Crippen molar-refractivity contribution in [2.75, 3.05) is 0 Å². The number of rotatable bonds is 3. The van der Waals surface area contributed by atoms with Crippen LogP contribution in [0.2, 0.25) is 0 Å². The summed E-state index contributed by atoms with van der Waals surface area (Å²) in [6.07, 6.45) is 13.7. The van der Waals surface area contributed by atoms with Gasteiger partial charge < -0.3 is 0 Å². The van der Waals surface area contributed by atoms with Crippen LogP contribution in [-0.4, -0.2) is 17.3 Å². The second kappa shape index (κ2) is 5.99. The first-order valence-electron chi connectivity index (χ1n) is 6.64. The number of hydrogen-bond donors (Lipinski definition) is 0. The molecule has 86 valence electrons. The van der Waals surface area contributed by atoms with E-state index in [0.717, 1.165) is 11.3 Å². The van der Waals surface area contributed by atoms with E-state index in [1.807, 2.05) is 0 Å². The van der Waals surface area contributed by atoms with Gasteiger partial charge in [-0.05, 0) is 44.9 Å². The molecule has 2 aliphatic carbocycles. The second-order valence-electron chi connectivity index (χ2n) is 5.14. The molecule has 2 heteroatoms. The molecule has 0 saturated heterocycles. The fourth-order valence-corrected chi connectivity index (χ4v) is 6.09. The van der Waals surface area contributed by atoms with E-state index < -0.39 is 0 Å². The summed E-state index contributed by atoms with van der Waals surface area (Å²) in [4.78, 5) is 11.3. The van der Waals surface area contributed by atoms with Gasteiger partial charge in [0.25, 0.3) is 0 Å². The first-order chi connectivity index (χ1) is 7.42. The van der Waals surface area contributed by atoms with E-state index >= 15 is 0 Å². The Hall–Kier alpha value is 0.100. The van der Waals surface area contributed by atoms with Crippen molar-refractivity contribution >= 4 is 13.9 Å². The van der Waals surface area contributed by atoms with Gasteiger partial charge in [0.15, 0.2) is 0 Å². The molecule has 0 spiro atoms. The maximum Gasteiger partial charge on any atom is 0.142 e. The predicted octanol–water partition coefficient (Wildman–Crippen LogP) is 4.32. The van der Waals surface area contributed by atoms with Crippen LogP contribution in [0.5, 0.6) is 0 Å². The van der Waals surface area contributed by atoms with Crippen molar-refractivity contribution in [1.29, 1.82) is 0 Å². The fourth-order valence-electron chi connectivity index (χ4n) is 3.23. The molecular weight excluding hydrogens is 203 g/mol. The van der Waals surface area contributed by atoms with Crippen LogP contribution in [0.1, 0.15) is 64.2 Å². The number of hydrogen-bond acceptors (Lipinski definition) is 1. The van der Waals surface area contributed by atoms with Gasteiger partial charge in [-0.2, -0.15) is 0 Å². The Morgan fingerprint density at radius 3 is 1.47 bits per heavy atom. The van der Waals surface area contributed by atoms with Gasteiger partial charge >= 0.3 is 0 Å². The third-order valence-electron chi connectivity index (χ3n) is 4.11. The minimum atomic E-state index is -0.275. The summed E-state index contributed by atoms with van der Waals surface area (Å²) in [5, 5.41) is 0. The van der Waals surface area contributed by atoms with Crippen LogP contribution in [0.15, 0.2) is 0 Å². The van der Waals surface area contributed by atoms with Gasteiger partial charge in [0.1, 0.15) is 6.03 Å². The van der Waals surface area contributed by atoms with Crippen LogP contribution in [0, 0.1) is 0 Å². The molecule has 0 N–H and O–H groups in total. The van der Waals surface area contributed by atoms with Crippen molar-refractivity contribution in [1.82, 2.24) is 0 Å². The third kappa shape index (κ3) is 3.03. The molecule has 2 rings (SSSR count). The molecule has 0 unspecified atom stereocenters. The smallest absolute Gasteiger partial charge is 0.142 e. The number of carbonyl (C=O) groups excluding carboxylic acids is 1. The van der Waals surface area contributed by atoms with Gasteiger partial charge in [-0.1, -0.05) is 38.5 Å². The lowest BCUT2D eigenvalue weighted by Gasteiger charge is -2.34. The molecule has 2 aliphatic rings. The average Bonchev–Trinajstić information content (AvgIpc) is 2.33. The Morgan fingerprint density at radius 2 is 1.13 bits per heavy atom. The zero-order valence-corrected chi connectivity index (χ0v) is 10.6. The van der Waals surface area contributed by atoms with Crippen LogP contribution >= 0.6 is 7.92 Å². The molecular formula is C13H23OP. The highest BCUT2D eigenvalue weighted by molar-refractivity contribution is 7.73. The van der Waals surface area contributed by atoms with Crippen molar-refractivity contribution in [3.05, 3.63) is 0 Å². The van der Waals surface area contributed by atoms with Crippen molar-refractivity contribution < 1.29 is 4.79 Å². The summed E-state index contributed by atoms with van der Waals surface area (Å²) in [6, 6.07) is 1.36. The van der Waals surface area contributed by atoms with Gasteiger partial charge in [0.2, 0.25) is 0 Å². The van der Waals surface area contributed by atoms with E-state index in [9.17, 15) is 4.79 Å². The van der Waals surface area contributed by atoms with Gasteiger partial charge in [0.05, 0.1) is 0 Å². The molecule has 0 amide bonds. The molecule has 2 saturated carbocycles. The van der Waals surface area contributed by atoms with Gasteiger partial charge in [-0.15, -0.1) is 0 Å². The standard InChI is InChI=1S/C13H23OP/c14-11-15(12-7-3-1-4-8-12)13-9-5-2-6-10-13/h11-13H,1-10H2. The predicted molar refractivity (Wildman–Crippen MR) is 67.4 cm³/mol. The van der Waals surface area contributed by atoms with Crippen LogP contribution < -0.4 is 0 Å². The largest absolute Gasteiger partial charge is 0.298 e. The monoisotopic (exact) mass is 226 g/mol. The van der Waals surface area contributed by atoms with Crippen molar-refractivity contribution in [2.45, 2.75) is 75.5 Å². The van der Waals surface area contributed by atoms with Gasteiger partial charge in [-0.25, -0.2) is 0 Å². The molecule has 0 radical (unpaired) electrons. The Balaban J connectivity index is 1.91. The number of carbonyl (C=O) groups is 1. The molecule has 0 aliphatic heterocycles. The summed E-state index contributed by atoms with van der Waals surface area (Å²) in [5.41, 5.74) is 1.60. The van der Waals surface area contributed by atoms with Crippen LogP contribution in [0.4, 0.5) is 0 Å². The Bertz CT molecular complexity index is 175. The first-order valence-corrected chi connectivity index (χ1v) is 8.19. The quantitative estimate of drug-likeness (QED) is 0.517. The van der Waals surface area contributed by atoms with Crippen molar-refractivity contribution in [3.63, 3.8) is 0 Å². The Morgan fingerprint density at radius 1 is 0.733 bits per heavy atom. The summed E-state index contributed by atoms with van der Waals surface area (Å²) < 4.78 is 0. The van der Waals surface area contributed by atoms with Gasteiger partial charge in [0, 0.05) is 0 Å². The highest BCUT2D eigenvalue weighted by Crippen LogP contribution is 2.53. The lowest BCUT2D eigenvalue weighted by atomic mass is 9.99. The third-order valence-corrected chi connectivity index (χ3v) is 7.08. The summed E-state index contributed by atoms with van der Waals surface area (Å²) in [5.74, 6) is 0. The van der Waals surface area contributed by atoms with Crippen LogP contribution in [-0.2, 0) is 4.79 Å². The van der Waals surface area contributed by atoms with E-state index in [-0.39, 0.29) is 7.92 Å². The van der Waals surface area contributed by atoms with Gasteiger partial charge in [-0.3, -0.25) is 4.79 Å². The van der Waals surface area contributed by atoms with E-state index in [2.05, 4.69) is 0 Å². The summed E-state index contributed by atoms with van der Waals surface area (Å²) >= 11 is 0. The summed E-state index contributed by atoms with van der Waals surface area (Å²) in [6.45, 7) is 0. The van der Waals surface area contributed by atoms with E-state index in [0.29, 0.717) is 0 Å². The molecule has 2 fully saturated rings. The lowest BCUT2D eigenvalue weighted by molar-refractivity contribution is 0.485.